The Hall–Kier alpha value is -6.48. The molecule has 2 unspecified atom stereocenters. The van der Waals surface area contributed by atoms with Crippen LogP contribution in [0.4, 0.5) is 0 Å². The average molecular weight is 730 g/mol. The fraction of sp³-hybridized carbons (Fsp3) is 0.325. The fourth-order valence-corrected chi connectivity index (χ4v) is 4.93. The molecule has 1 aromatic rings. The highest BCUT2D eigenvalue weighted by atomic mass is 31.2. The zero-order valence-electron chi connectivity index (χ0n) is 29.0. The van der Waals surface area contributed by atoms with Gasteiger partial charge in [0, 0.05) is 56.7 Å². The number of H-pyrrole nitrogens is 1. The number of amides is 1. The lowest BCUT2D eigenvalue weighted by atomic mass is 9.95. The number of rotatable bonds is 13. The third-order valence-corrected chi connectivity index (χ3v) is 7.40. The Balaban J connectivity index is 1.81. The third-order valence-electron chi connectivity index (χ3n) is 6.43. The first-order valence-electron chi connectivity index (χ1n) is 15.6. The molecule has 0 saturated carbocycles. The molecule has 12 nitrogen and oxygen atoms in total. The lowest BCUT2D eigenvalue weighted by Crippen LogP contribution is -2.35. The SMILES string of the molecule is CC#CC#CC#CC#CC#CC#CC#CC#CC#CC#CC(=O)NCCCC/C=C/C[C@H]1C(OP(=O)(O)OC)[C@@H](COC)O[C@H]1n1ccc(=O)[nH]c1=O. The zero-order chi connectivity index (χ0) is 38.6. The Morgan fingerprint density at radius 3 is 2.00 bits per heavy atom. The number of methoxy groups -OCH3 is 1. The lowest BCUT2D eigenvalue weighted by Gasteiger charge is -2.25. The van der Waals surface area contributed by atoms with Gasteiger partial charge in [-0.15, -0.1) is 0 Å². The van der Waals surface area contributed by atoms with Gasteiger partial charge in [-0.1, -0.05) is 18.1 Å². The highest BCUT2D eigenvalue weighted by Gasteiger charge is 2.48. The van der Waals surface area contributed by atoms with Crippen LogP contribution in [0.5, 0.6) is 0 Å². The maximum Gasteiger partial charge on any atom is 0.472 e. The highest BCUT2D eigenvalue weighted by Crippen LogP contribution is 2.50. The number of hydrogen-bond donors (Lipinski definition) is 3. The Morgan fingerprint density at radius 2 is 1.47 bits per heavy atom. The molecule has 53 heavy (non-hydrogen) atoms. The summed E-state index contributed by atoms with van der Waals surface area (Å²) in [6.07, 6.45) is 4.66. The molecule has 0 bridgehead atoms. The summed E-state index contributed by atoms with van der Waals surface area (Å²) in [5.74, 6) is 48.7. The maximum atomic E-state index is 12.6. The number of nitrogens with one attached hydrogen (secondary N) is 2. The van der Waals surface area contributed by atoms with Gasteiger partial charge in [0.15, 0.2) is 0 Å². The molecular formula is C40H32N3O9P. The third kappa shape index (κ3) is 17.8. The van der Waals surface area contributed by atoms with Crippen LogP contribution in [0.25, 0.3) is 0 Å². The summed E-state index contributed by atoms with van der Waals surface area (Å²) in [4.78, 5) is 48.3. The van der Waals surface area contributed by atoms with E-state index >= 15 is 0 Å². The van der Waals surface area contributed by atoms with E-state index in [-0.39, 0.29) is 6.61 Å². The molecule has 2 heterocycles. The van der Waals surface area contributed by atoms with Gasteiger partial charge >= 0.3 is 13.5 Å². The van der Waals surface area contributed by atoms with Gasteiger partial charge in [0.25, 0.3) is 11.5 Å². The van der Waals surface area contributed by atoms with Gasteiger partial charge in [-0.3, -0.25) is 28.2 Å². The summed E-state index contributed by atoms with van der Waals surface area (Å²) in [7, 11) is -1.96. The molecule has 5 atom stereocenters. The predicted octanol–water partition coefficient (Wildman–Crippen LogP) is 1.12. The average Bonchev–Trinajstić information content (AvgIpc) is 3.45. The van der Waals surface area contributed by atoms with Crippen molar-refractivity contribution in [3.8, 4) is 118 Å². The van der Waals surface area contributed by atoms with Crippen molar-refractivity contribution in [2.24, 2.45) is 5.92 Å². The highest BCUT2D eigenvalue weighted by molar-refractivity contribution is 7.47. The van der Waals surface area contributed by atoms with Gasteiger partial charge in [-0.2, -0.15) is 0 Å². The number of allylic oxidation sites excluding steroid dienone is 2. The minimum Gasteiger partial charge on any atom is -0.382 e. The summed E-state index contributed by atoms with van der Waals surface area (Å²) in [6.45, 7) is 2.08. The Labute approximate surface area is 308 Å². The number of unbranched alkanes of at least 4 members (excludes halogenated alkanes) is 2. The summed E-state index contributed by atoms with van der Waals surface area (Å²) >= 11 is 0. The zero-order valence-corrected chi connectivity index (χ0v) is 29.9. The number of carbonyl (C=O) groups is 1. The second kappa shape index (κ2) is 25.5. The van der Waals surface area contributed by atoms with Crippen molar-refractivity contribution in [1.29, 1.82) is 0 Å². The largest absolute Gasteiger partial charge is 0.472 e. The second-order valence-corrected chi connectivity index (χ2v) is 11.5. The van der Waals surface area contributed by atoms with E-state index in [2.05, 4.69) is 133 Å². The van der Waals surface area contributed by atoms with Crippen LogP contribution in [0.1, 0.15) is 38.8 Å². The maximum absolute atomic E-state index is 12.6. The van der Waals surface area contributed by atoms with Crippen LogP contribution in [0, 0.1) is 124 Å². The van der Waals surface area contributed by atoms with Crippen LogP contribution < -0.4 is 16.6 Å². The summed E-state index contributed by atoms with van der Waals surface area (Å²) in [5.41, 5.74) is -1.29. The molecule has 0 radical (unpaired) electrons. The molecule has 1 fully saturated rings. The van der Waals surface area contributed by atoms with E-state index in [1.54, 1.807) is 6.92 Å². The predicted molar refractivity (Wildman–Crippen MR) is 196 cm³/mol. The van der Waals surface area contributed by atoms with Gasteiger partial charge < -0.3 is 19.7 Å². The van der Waals surface area contributed by atoms with Gasteiger partial charge in [0.2, 0.25) is 0 Å². The van der Waals surface area contributed by atoms with Crippen LogP contribution >= 0.6 is 7.82 Å². The van der Waals surface area contributed by atoms with Crippen molar-refractivity contribution in [2.75, 3.05) is 27.4 Å². The number of ether oxygens (including phenoxy) is 2. The molecule has 266 valence electrons. The number of hydrogen-bond acceptors (Lipinski definition) is 8. The molecule has 2 rings (SSSR count). The molecule has 1 aliphatic heterocycles. The van der Waals surface area contributed by atoms with Crippen LogP contribution in [0.3, 0.4) is 0 Å². The number of phosphoric acid groups is 1. The second-order valence-electron chi connectivity index (χ2n) is 10.0. The van der Waals surface area contributed by atoms with Gasteiger partial charge in [-0.05, 0) is 127 Å². The van der Waals surface area contributed by atoms with E-state index < -0.39 is 49.3 Å². The smallest absolute Gasteiger partial charge is 0.382 e. The summed E-state index contributed by atoms with van der Waals surface area (Å²) < 4.78 is 34.8. The topological polar surface area (TPSA) is 158 Å². The van der Waals surface area contributed by atoms with E-state index in [1.165, 1.54) is 23.9 Å². The number of phosphoric ester groups is 1. The molecule has 1 aromatic heterocycles. The van der Waals surface area contributed by atoms with E-state index in [1.807, 2.05) is 12.2 Å². The quantitative estimate of drug-likeness (QED) is 0.117. The monoisotopic (exact) mass is 729 g/mol. The van der Waals surface area contributed by atoms with Crippen molar-refractivity contribution in [3.63, 3.8) is 0 Å². The van der Waals surface area contributed by atoms with Gasteiger partial charge in [0.1, 0.15) is 18.4 Å². The van der Waals surface area contributed by atoms with E-state index in [0.29, 0.717) is 25.8 Å². The first-order valence-corrected chi connectivity index (χ1v) is 17.1. The Morgan fingerprint density at radius 1 is 0.906 bits per heavy atom. The number of carbonyl (C=O) groups excluding carboxylic acids is 1. The minimum atomic E-state index is -4.43. The first-order chi connectivity index (χ1) is 25.7. The fourth-order valence-electron chi connectivity index (χ4n) is 4.24. The molecule has 13 heteroatoms. The van der Waals surface area contributed by atoms with E-state index in [0.717, 1.165) is 13.5 Å². The molecule has 3 N–H and O–H groups in total. The molecule has 1 amide bonds. The Kier molecular flexibility index (Phi) is 20.5. The minimum absolute atomic E-state index is 0.00589. The van der Waals surface area contributed by atoms with Crippen molar-refractivity contribution in [1.82, 2.24) is 14.9 Å². The van der Waals surface area contributed by atoms with E-state index in [9.17, 15) is 23.8 Å². The van der Waals surface area contributed by atoms with Crippen LogP contribution in [0.2, 0.25) is 0 Å². The molecule has 0 aliphatic carbocycles. The molecule has 0 spiro atoms. The molecular weight excluding hydrogens is 697 g/mol. The Bertz CT molecular complexity index is 2330. The number of aromatic nitrogens is 2. The van der Waals surface area contributed by atoms with E-state index in [4.69, 9.17) is 14.0 Å². The number of aromatic amines is 1. The van der Waals surface area contributed by atoms with Crippen molar-refractivity contribution in [2.45, 2.75) is 51.0 Å². The lowest BCUT2D eigenvalue weighted by molar-refractivity contribution is -0.115. The number of nitrogens with zero attached hydrogens (tertiary/aromatic N) is 1. The summed E-state index contributed by atoms with van der Waals surface area (Å²) in [6, 6.07) is 1.17. The van der Waals surface area contributed by atoms with Crippen molar-refractivity contribution in [3.05, 3.63) is 45.3 Å². The van der Waals surface area contributed by atoms with Crippen LogP contribution in [-0.2, 0) is 27.9 Å². The van der Waals surface area contributed by atoms with Crippen molar-refractivity contribution < 1.29 is 32.8 Å². The molecule has 1 saturated heterocycles. The van der Waals surface area contributed by atoms with Crippen LogP contribution in [0.15, 0.2) is 34.0 Å². The first kappa shape index (κ1) is 42.7. The molecule has 1 aliphatic rings. The van der Waals surface area contributed by atoms with Crippen molar-refractivity contribution >= 4 is 13.7 Å². The van der Waals surface area contributed by atoms with Gasteiger partial charge in [-0.25, -0.2) is 9.36 Å². The molecule has 0 aromatic carbocycles. The normalized spacial score (nSPS) is 16.9. The van der Waals surface area contributed by atoms with Crippen LogP contribution in [-0.4, -0.2) is 59.9 Å². The van der Waals surface area contributed by atoms with Gasteiger partial charge in [0.05, 0.1) is 6.61 Å². The summed E-state index contributed by atoms with van der Waals surface area (Å²) in [5, 5.41) is 2.68. The standard InChI is InChI=1S/C40H32N3O9P/c1-4-5-6-7-8-9-10-11-12-13-14-15-16-17-18-19-20-23-26-29-36(44)41-31-27-24-21-22-25-28-34-38(52-53(47,48)50-3)35(33-49-2)51-39(34)43-32-30-37(45)42-40(43)46/h22,25,30,32,34-35,38-39H,21,24,27-28,31,33H2,1-3H3,(H,41,44)(H,47,48)(H,42,45,46)/b25-22+/t34-,35+,38?,39+/m0/s1.